The molecule has 1 amide bonds. The summed E-state index contributed by atoms with van der Waals surface area (Å²) in [5, 5.41) is 2.96. The number of nitrogens with one attached hydrogen (secondary N) is 1. The van der Waals surface area contributed by atoms with E-state index in [0.717, 1.165) is 45.1 Å². The zero-order valence-corrected chi connectivity index (χ0v) is 10.1. The smallest absolute Gasteiger partial charge is 0.240 e. The Morgan fingerprint density at radius 1 is 1.31 bits per heavy atom. The summed E-state index contributed by atoms with van der Waals surface area (Å²) in [7, 11) is 0. The van der Waals surface area contributed by atoms with Crippen LogP contribution >= 0.6 is 0 Å². The van der Waals surface area contributed by atoms with E-state index in [9.17, 15) is 4.79 Å². The van der Waals surface area contributed by atoms with Gasteiger partial charge in [0.1, 0.15) is 0 Å². The first kappa shape index (κ1) is 11.9. The number of ether oxygens (including phenoxy) is 1. The molecular weight excluding hydrogens is 204 g/mol. The van der Waals surface area contributed by atoms with E-state index in [1.807, 2.05) is 0 Å². The van der Waals surface area contributed by atoms with Crippen LogP contribution in [-0.2, 0) is 9.53 Å². The predicted molar refractivity (Wildman–Crippen MR) is 62.0 cm³/mol. The molecule has 0 spiro atoms. The van der Waals surface area contributed by atoms with E-state index in [1.165, 1.54) is 0 Å². The fraction of sp³-hybridized carbons (Fsp3) is 0.917. The molecule has 2 fully saturated rings. The van der Waals surface area contributed by atoms with Crippen molar-refractivity contribution in [2.75, 3.05) is 13.2 Å². The van der Waals surface area contributed by atoms with Crippen LogP contribution in [0.1, 0.15) is 45.4 Å². The van der Waals surface area contributed by atoms with Gasteiger partial charge in [0.15, 0.2) is 0 Å². The van der Waals surface area contributed by atoms with Crippen LogP contribution in [0.25, 0.3) is 0 Å². The van der Waals surface area contributed by atoms with Gasteiger partial charge in [0.25, 0.3) is 0 Å². The molecular formula is C12H22N2O2. The van der Waals surface area contributed by atoms with Crippen LogP contribution in [0.4, 0.5) is 0 Å². The van der Waals surface area contributed by atoms with Crippen LogP contribution in [0.3, 0.4) is 0 Å². The van der Waals surface area contributed by atoms with Crippen LogP contribution in [0.2, 0.25) is 0 Å². The second-order valence-corrected chi connectivity index (χ2v) is 5.45. The zero-order valence-electron chi connectivity index (χ0n) is 10.1. The first-order valence-electron chi connectivity index (χ1n) is 6.25. The van der Waals surface area contributed by atoms with E-state index in [0.29, 0.717) is 6.54 Å². The highest BCUT2D eigenvalue weighted by molar-refractivity contribution is 5.86. The van der Waals surface area contributed by atoms with Gasteiger partial charge >= 0.3 is 0 Å². The van der Waals surface area contributed by atoms with Gasteiger partial charge in [-0.1, -0.05) is 12.8 Å². The van der Waals surface area contributed by atoms with Gasteiger partial charge in [0.2, 0.25) is 5.91 Å². The molecule has 1 unspecified atom stereocenters. The van der Waals surface area contributed by atoms with Crippen molar-refractivity contribution in [3.63, 3.8) is 0 Å². The Bertz CT molecular complexity index is 266. The maximum Gasteiger partial charge on any atom is 0.240 e. The molecule has 0 aromatic heterocycles. The minimum Gasteiger partial charge on any atom is -0.373 e. The maximum absolute atomic E-state index is 12.0. The lowest BCUT2D eigenvalue weighted by atomic mass is 9.97. The van der Waals surface area contributed by atoms with Crippen molar-refractivity contribution < 1.29 is 9.53 Å². The number of carbonyl (C=O) groups excluding carboxylic acids is 1. The quantitative estimate of drug-likeness (QED) is 0.753. The molecule has 2 rings (SSSR count). The summed E-state index contributed by atoms with van der Waals surface area (Å²) >= 11 is 0. The molecule has 1 heterocycles. The van der Waals surface area contributed by atoms with Crippen molar-refractivity contribution >= 4 is 5.91 Å². The molecule has 0 aromatic carbocycles. The second kappa shape index (κ2) is 4.34. The number of hydrogen-bond acceptors (Lipinski definition) is 3. The van der Waals surface area contributed by atoms with Crippen molar-refractivity contribution in [1.82, 2.24) is 5.32 Å². The van der Waals surface area contributed by atoms with E-state index in [4.69, 9.17) is 10.5 Å². The minimum absolute atomic E-state index is 0.00160. The van der Waals surface area contributed by atoms with Gasteiger partial charge in [-0.2, -0.15) is 0 Å². The van der Waals surface area contributed by atoms with Crippen LogP contribution in [-0.4, -0.2) is 30.2 Å². The molecule has 92 valence electrons. The summed E-state index contributed by atoms with van der Waals surface area (Å²) < 4.78 is 5.63. The maximum atomic E-state index is 12.0. The molecule has 0 aromatic rings. The van der Waals surface area contributed by atoms with Crippen LogP contribution in [0, 0.1) is 0 Å². The van der Waals surface area contributed by atoms with Gasteiger partial charge in [-0.3, -0.25) is 4.79 Å². The van der Waals surface area contributed by atoms with Crippen molar-refractivity contribution in [3.05, 3.63) is 0 Å². The highest BCUT2D eigenvalue weighted by Gasteiger charge is 2.38. The molecule has 1 aliphatic heterocycles. The highest BCUT2D eigenvalue weighted by Crippen LogP contribution is 2.28. The third kappa shape index (κ3) is 2.38. The van der Waals surface area contributed by atoms with E-state index in [-0.39, 0.29) is 11.5 Å². The Morgan fingerprint density at radius 3 is 2.56 bits per heavy atom. The fourth-order valence-corrected chi connectivity index (χ4v) is 2.65. The lowest BCUT2D eigenvalue weighted by Gasteiger charge is -2.27. The SMILES string of the molecule is CC1(CNC(=O)C2(N)CCCC2)CCCO1. The van der Waals surface area contributed by atoms with Crippen LogP contribution < -0.4 is 11.1 Å². The average molecular weight is 226 g/mol. The van der Waals surface area contributed by atoms with Crippen molar-refractivity contribution in [2.45, 2.75) is 56.6 Å². The van der Waals surface area contributed by atoms with Crippen LogP contribution in [0.5, 0.6) is 0 Å². The van der Waals surface area contributed by atoms with E-state index >= 15 is 0 Å². The molecule has 0 radical (unpaired) electrons. The number of nitrogens with two attached hydrogens (primary N) is 1. The Hall–Kier alpha value is -0.610. The zero-order chi connectivity index (χ0) is 11.6. The molecule has 4 nitrogen and oxygen atoms in total. The molecule has 1 aliphatic carbocycles. The summed E-state index contributed by atoms with van der Waals surface area (Å²) in [5.74, 6) is 0.00160. The van der Waals surface area contributed by atoms with E-state index < -0.39 is 5.54 Å². The Kier molecular flexibility index (Phi) is 3.22. The van der Waals surface area contributed by atoms with E-state index in [2.05, 4.69) is 12.2 Å². The summed E-state index contributed by atoms with van der Waals surface area (Å²) in [6, 6.07) is 0. The first-order chi connectivity index (χ1) is 7.54. The van der Waals surface area contributed by atoms with Gasteiger partial charge in [-0.25, -0.2) is 0 Å². The van der Waals surface area contributed by atoms with Gasteiger partial charge in [-0.15, -0.1) is 0 Å². The summed E-state index contributed by atoms with van der Waals surface area (Å²) in [6.07, 6.45) is 5.87. The van der Waals surface area contributed by atoms with Gasteiger partial charge in [0, 0.05) is 13.2 Å². The number of hydrogen-bond donors (Lipinski definition) is 2. The molecule has 1 saturated heterocycles. The van der Waals surface area contributed by atoms with Crippen molar-refractivity contribution in [2.24, 2.45) is 5.73 Å². The van der Waals surface area contributed by atoms with Gasteiger partial charge in [0.05, 0.1) is 11.1 Å². The Balaban J connectivity index is 1.83. The lowest BCUT2D eigenvalue weighted by molar-refractivity contribution is -0.127. The lowest BCUT2D eigenvalue weighted by Crippen LogP contribution is -2.54. The van der Waals surface area contributed by atoms with Crippen molar-refractivity contribution in [1.29, 1.82) is 0 Å². The number of amides is 1. The molecule has 1 atom stereocenters. The van der Waals surface area contributed by atoms with Gasteiger partial charge < -0.3 is 15.8 Å². The Morgan fingerprint density at radius 2 is 2.00 bits per heavy atom. The molecule has 4 heteroatoms. The third-order valence-corrected chi connectivity index (χ3v) is 3.87. The van der Waals surface area contributed by atoms with Crippen molar-refractivity contribution in [3.8, 4) is 0 Å². The van der Waals surface area contributed by atoms with E-state index in [1.54, 1.807) is 0 Å². The fourth-order valence-electron chi connectivity index (χ4n) is 2.65. The standard InChI is InChI=1S/C12H22N2O2/c1-11(5-4-8-16-11)9-14-10(15)12(13)6-2-3-7-12/h2-9,13H2,1H3,(H,14,15). The Labute approximate surface area is 96.9 Å². The second-order valence-electron chi connectivity index (χ2n) is 5.45. The largest absolute Gasteiger partial charge is 0.373 e. The predicted octanol–water partition coefficient (Wildman–Crippen LogP) is 0.943. The van der Waals surface area contributed by atoms with Crippen LogP contribution in [0.15, 0.2) is 0 Å². The first-order valence-corrected chi connectivity index (χ1v) is 6.25. The van der Waals surface area contributed by atoms with Gasteiger partial charge in [-0.05, 0) is 32.6 Å². The molecule has 2 aliphatic rings. The monoisotopic (exact) mass is 226 g/mol. The highest BCUT2D eigenvalue weighted by atomic mass is 16.5. The molecule has 3 N–H and O–H groups in total. The average Bonchev–Trinajstić information content (AvgIpc) is 2.86. The topological polar surface area (TPSA) is 64.4 Å². The molecule has 1 saturated carbocycles. The summed E-state index contributed by atoms with van der Waals surface area (Å²) in [4.78, 5) is 12.0. The molecule has 0 bridgehead atoms. The normalized spacial score (nSPS) is 32.9. The molecule has 16 heavy (non-hydrogen) atoms. The number of carbonyl (C=O) groups is 1. The third-order valence-electron chi connectivity index (χ3n) is 3.87. The summed E-state index contributed by atoms with van der Waals surface area (Å²) in [6.45, 7) is 3.45. The number of rotatable bonds is 3. The minimum atomic E-state index is -0.616. The summed E-state index contributed by atoms with van der Waals surface area (Å²) in [5.41, 5.74) is 5.29.